The third kappa shape index (κ3) is 4.68. The predicted molar refractivity (Wildman–Crippen MR) is 80.3 cm³/mol. The maximum atomic E-state index is 10.6. The standard InChI is InChI=1S/C14H20BrNO4/c1-8(2)20-13-7-10(15)9(6-12(13)19-3)11(16)4-5-14(17)18/h6-8,11H,4-5,16H2,1-3H3,(H,17,18). The Morgan fingerprint density at radius 3 is 2.55 bits per heavy atom. The second-order valence-electron chi connectivity index (χ2n) is 4.73. The molecule has 1 rings (SSSR count). The predicted octanol–water partition coefficient (Wildman–Crippen LogP) is 3.11. The summed E-state index contributed by atoms with van der Waals surface area (Å²) < 4.78 is 11.7. The van der Waals surface area contributed by atoms with Gasteiger partial charge in [-0.2, -0.15) is 0 Å². The molecular weight excluding hydrogens is 326 g/mol. The maximum absolute atomic E-state index is 10.6. The second-order valence-corrected chi connectivity index (χ2v) is 5.58. The third-order valence-electron chi connectivity index (χ3n) is 2.71. The van der Waals surface area contributed by atoms with Crippen LogP contribution in [0.15, 0.2) is 16.6 Å². The molecule has 5 nitrogen and oxygen atoms in total. The molecule has 0 saturated carbocycles. The van der Waals surface area contributed by atoms with Gasteiger partial charge in [-0.15, -0.1) is 0 Å². The third-order valence-corrected chi connectivity index (χ3v) is 3.40. The molecule has 1 atom stereocenters. The zero-order chi connectivity index (χ0) is 15.3. The van der Waals surface area contributed by atoms with Gasteiger partial charge in [-0.3, -0.25) is 4.79 Å². The Bertz CT molecular complexity index is 476. The highest BCUT2D eigenvalue weighted by atomic mass is 79.9. The van der Waals surface area contributed by atoms with Gasteiger partial charge in [0.1, 0.15) is 0 Å². The van der Waals surface area contributed by atoms with Crippen LogP contribution in [-0.2, 0) is 4.79 Å². The molecule has 1 aromatic carbocycles. The molecule has 0 radical (unpaired) electrons. The van der Waals surface area contributed by atoms with Crippen molar-refractivity contribution >= 4 is 21.9 Å². The molecule has 1 unspecified atom stereocenters. The van der Waals surface area contributed by atoms with Crippen LogP contribution in [0.25, 0.3) is 0 Å². The normalized spacial score (nSPS) is 12.3. The Balaban J connectivity index is 3.00. The van der Waals surface area contributed by atoms with Crippen molar-refractivity contribution in [3.8, 4) is 11.5 Å². The Labute approximate surface area is 127 Å². The first-order chi connectivity index (χ1) is 9.35. The molecule has 0 aliphatic heterocycles. The molecule has 0 amide bonds. The molecule has 0 heterocycles. The van der Waals surface area contributed by atoms with E-state index < -0.39 is 5.97 Å². The first kappa shape index (κ1) is 16.8. The highest BCUT2D eigenvalue weighted by Gasteiger charge is 2.17. The van der Waals surface area contributed by atoms with Gasteiger partial charge in [-0.1, -0.05) is 15.9 Å². The number of halogens is 1. The summed E-state index contributed by atoms with van der Waals surface area (Å²) in [5.41, 5.74) is 6.83. The topological polar surface area (TPSA) is 81.8 Å². The Kier molecular flexibility index (Phi) is 6.29. The summed E-state index contributed by atoms with van der Waals surface area (Å²) in [6.07, 6.45) is 0.420. The Morgan fingerprint density at radius 2 is 2.05 bits per heavy atom. The SMILES string of the molecule is COc1cc(C(N)CCC(=O)O)c(Br)cc1OC(C)C. The molecule has 0 aliphatic carbocycles. The lowest BCUT2D eigenvalue weighted by atomic mass is 10.0. The van der Waals surface area contributed by atoms with Crippen LogP contribution >= 0.6 is 15.9 Å². The maximum Gasteiger partial charge on any atom is 0.303 e. The minimum absolute atomic E-state index is 0.0279. The number of carbonyl (C=O) groups is 1. The highest BCUT2D eigenvalue weighted by Crippen LogP contribution is 2.37. The van der Waals surface area contributed by atoms with Crippen molar-refractivity contribution in [3.63, 3.8) is 0 Å². The average molecular weight is 346 g/mol. The Morgan fingerprint density at radius 1 is 1.40 bits per heavy atom. The fraction of sp³-hybridized carbons (Fsp3) is 0.500. The van der Waals surface area contributed by atoms with Gasteiger partial charge in [0.25, 0.3) is 0 Å². The molecule has 0 aliphatic rings. The number of benzene rings is 1. The molecule has 0 fully saturated rings. The van der Waals surface area contributed by atoms with Crippen molar-refractivity contribution < 1.29 is 19.4 Å². The number of carboxylic acid groups (broad SMARTS) is 1. The van der Waals surface area contributed by atoms with Crippen molar-refractivity contribution in [2.45, 2.75) is 38.8 Å². The van der Waals surface area contributed by atoms with E-state index in [2.05, 4.69) is 15.9 Å². The monoisotopic (exact) mass is 345 g/mol. The zero-order valence-electron chi connectivity index (χ0n) is 11.9. The largest absolute Gasteiger partial charge is 0.493 e. The smallest absolute Gasteiger partial charge is 0.303 e. The van der Waals surface area contributed by atoms with Crippen molar-refractivity contribution in [1.29, 1.82) is 0 Å². The number of ether oxygens (including phenoxy) is 2. The van der Waals surface area contributed by atoms with E-state index in [0.717, 1.165) is 10.0 Å². The molecule has 0 aromatic heterocycles. The van der Waals surface area contributed by atoms with Gasteiger partial charge in [-0.05, 0) is 38.0 Å². The molecule has 112 valence electrons. The summed E-state index contributed by atoms with van der Waals surface area (Å²) in [5.74, 6) is 0.356. The Hall–Kier alpha value is -1.27. The number of methoxy groups -OCH3 is 1. The first-order valence-corrected chi connectivity index (χ1v) is 7.16. The van der Waals surface area contributed by atoms with E-state index in [0.29, 0.717) is 17.9 Å². The number of nitrogens with two attached hydrogens (primary N) is 1. The van der Waals surface area contributed by atoms with Crippen molar-refractivity contribution in [3.05, 3.63) is 22.2 Å². The number of rotatable bonds is 7. The van der Waals surface area contributed by atoms with Gasteiger partial charge in [0.15, 0.2) is 11.5 Å². The van der Waals surface area contributed by atoms with Crippen LogP contribution in [-0.4, -0.2) is 24.3 Å². The van der Waals surface area contributed by atoms with E-state index in [9.17, 15) is 4.79 Å². The van der Waals surface area contributed by atoms with Crippen LogP contribution in [0.2, 0.25) is 0 Å². The molecule has 0 saturated heterocycles. The van der Waals surface area contributed by atoms with Gasteiger partial charge in [0, 0.05) is 16.9 Å². The van der Waals surface area contributed by atoms with Crippen LogP contribution in [0.4, 0.5) is 0 Å². The molecule has 6 heteroatoms. The number of carboxylic acids is 1. The van der Waals surface area contributed by atoms with E-state index in [1.54, 1.807) is 19.2 Å². The van der Waals surface area contributed by atoms with E-state index in [1.807, 2.05) is 13.8 Å². The molecule has 0 bridgehead atoms. The van der Waals surface area contributed by atoms with E-state index in [-0.39, 0.29) is 18.6 Å². The van der Waals surface area contributed by atoms with Crippen molar-refractivity contribution in [1.82, 2.24) is 0 Å². The molecule has 1 aromatic rings. The van der Waals surface area contributed by atoms with Crippen molar-refractivity contribution in [2.24, 2.45) is 5.73 Å². The number of hydrogen-bond acceptors (Lipinski definition) is 4. The summed E-state index contributed by atoms with van der Waals surface area (Å²) in [4.78, 5) is 10.6. The van der Waals surface area contributed by atoms with Crippen molar-refractivity contribution in [2.75, 3.05) is 7.11 Å². The van der Waals surface area contributed by atoms with Gasteiger partial charge in [0.05, 0.1) is 13.2 Å². The van der Waals surface area contributed by atoms with Crippen LogP contribution in [0.5, 0.6) is 11.5 Å². The van der Waals surface area contributed by atoms with Gasteiger partial charge in [0.2, 0.25) is 0 Å². The minimum atomic E-state index is -0.858. The average Bonchev–Trinajstić information content (AvgIpc) is 2.35. The molecule has 20 heavy (non-hydrogen) atoms. The van der Waals surface area contributed by atoms with Gasteiger partial charge in [-0.25, -0.2) is 0 Å². The van der Waals surface area contributed by atoms with E-state index >= 15 is 0 Å². The first-order valence-electron chi connectivity index (χ1n) is 6.36. The van der Waals surface area contributed by atoms with Crippen LogP contribution in [0.1, 0.15) is 38.3 Å². The number of hydrogen-bond donors (Lipinski definition) is 2. The van der Waals surface area contributed by atoms with Crippen LogP contribution in [0.3, 0.4) is 0 Å². The zero-order valence-corrected chi connectivity index (χ0v) is 13.4. The second kappa shape index (κ2) is 7.50. The minimum Gasteiger partial charge on any atom is -0.493 e. The fourth-order valence-corrected chi connectivity index (χ4v) is 2.39. The lowest BCUT2D eigenvalue weighted by Gasteiger charge is -2.18. The van der Waals surface area contributed by atoms with Crippen LogP contribution in [0, 0.1) is 0 Å². The summed E-state index contributed by atoms with van der Waals surface area (Å²) in [7, 11) is 1.56. The van der Waals surface area contributed by atoms with Gasteiger partial charge >= 0.3 is 5.97 Å². The lowest BCUT2D eigenvalue weighted by Crippen LogP contribution is -2.14. The van der Waals surface area contributed by atoms with E-state index in [1.165, 1.54) is 0 Å². The van der Waals surface area contributed by atoms with E-state index in [4.69, 9.17) is 20.3 Å². The lowest BCUT2D eigenvalue weighted by molar-refractivity contribution is -0.137. The molecule has 3 N–H and O–H groups in total. The molecule has 0 spiro atoms. The molecular formula is C14H20BrNO4. The number of aliphatic carboxylic acids is 1. The van der Waals surface area contributed by atoms with Crippen LogP contribution < -0.4 is 15.2 Å². The summed E-state index contributed by atoms with van der Waals surface area (Å²) in [6.45, 7) is 3.86. The highest BCUT2D eigenvalue weighted by molar-refractivity contribution is 9.10. The fourth-order valence-electron chi connectivity index (χ4n) is 1.78. The quantitative estimate of drug-likeness (QED) is 0.793. The summed E-state index contributed by atoms with van der Waals surface area (Å²) in [6, 6.07) is 3.21. The summed E-state index contributed by atoms with van der Waals surface area (Å²) in [5, 5.41) is 8.71. The van der Waals surface area contributed by atoms with Gasteiger partial charge < -0.3 is 20.3 Å². The summed E-state index contributed by atoms with van der Waals surface area (Å²) >= 11 is 3.45.